The molecule has 0 radical (unpaired) electrons. The van der Waals surface area contributed by atoms with Gasteiger partial charge in [0.1, 0.15) is 0 Å². The Morgan fingerprint density at radius 1 is 1.00 bits per heavy atom. The highest BCUT2D eigenvalue weighted by Crippen LogP contribution is 2.19. The van der Waals surface area contributed by atoms with Gasteiger partial charge in [0.15, 0.2) is 21.3 Å². The first-order valence-electron chi connectivity index (χ1n) is 9.59. The summed E-state index contributed by atoms with van der Waals surface area (Å²) in [6.45, 7) is 6.60. The summed E-state index contributed by atoms with van der Waals surface area (Å²) in [5, 5.41) is 24.5. The number of anilines is 2. The second-order valence-electron chi connectivity index (χ2n) is 6.10. The van der Waals surface area contributed by atoms with E-state index in [1.807, 2.05) is 6.92 Å². The van der Waals surface area contributed by atoms with Gasteiger partial charge < -0.3 is 25.8 Å². The van der Waals surface area contributed by atoms with Gasteiger partial charge in [0.2, 0.25) is 23.6 Å². The summed E-state index contributed by atoms with van der Waals surface area (Å²) in [6, 6.07) is 0. The maximum Gasteiger partial charge on any atom is 0.279 e. The molecule has 15 heteroatoms. The first kappa shape index (κ1) is 30.4. The van der Waals surface area contributed by atoms with Gasteiger partial charge in [-0.15, -0.1) is 0 Å². The monoisotopic (exact) mass is 566 g/mol. The van der Waals surface area contributed by atoms with Crippen molar-refractivity contribution in [3.63, 3.8) is 0 Å². The van der Waals surface area contributed by atoms with Crippen molar-refractivity contribution < 1.29 is 19.8 Å². The van der Waals surface area contributed by atoms with Crippen LogP contribution in [0.25, 0.3) is 0 Å². The summed E-state index contributed by atoms with van der Waals surface area (Å²) >= 11 is 9.16. The van der Waals surface area contributed by atoms with Crippen LogP contribution in [0.15, 0.2) is 14.7 Å². The number of carbonyl (C=O) groups excluding carboxylic acids is 2. The maximum absolute atomic E-state index is 11.5. The van der Waals surface area contributed by atoms with E-state index in [4.69, 9.17) is 5.11 Å². The molecule has 7 N–H and O–H groups in total. The van der Waals surface area contributed by atoms with Crippen LogP contribution in [0, 0.1) is 4.77 Å². The highest BCUT2D eigenvalue weighted by atomic mass is 79.9. The summed E-state index contributed by atoms with van der Waals surface area (Å²) < 4.78 is -0.00315. The largest absolute Gasteiger partial charge is 0.493 e. The highest BCUT2D eigenvalue weighted by Gasteiger charge is 2.11. The second-order valence-corrected chi connectivity index (χ2v) is 8.39. The predicted octanol–water partition coefficient (Wildman–Crippen LogP) is 2.82. The number of carbonyl (C=O) groups is 2. The van der Waals surface area contributed by atoms with E-state index in [1.54, 1.807) is 0 Å². The van der Waals surface area contributed by atoms with E-state index >= 15 is 0 Å². The SMILES string of the molecule is CC(=O)Nc1c(O)[nH]c(=S)[nH]c1=O.CCCBr.CCCSc1nc(O)c(NC(C)=O)c(=O)[nH]1. The third-order valence-electron chi connectivity index (χ3n) is 3.04. The van der Waals surface area contributed by atoms with E-state index < -0.39 is 34.7 Å². The zero-order chi connectivity index (χ0) is 25.6. The predicted molar refractivity (Wildman–Crippen MR) is 134 cm³/mol. The normalized spacial score (nSPS) is 9.61. The summed E-state index contributed by atoms with van der Waals surface area (Å²) in [5.41, 5.74) is -1.65. The van der Waals surface area contributed by atoms with Crippen LogP contribution in [0.3, 0.4) is 0 Å². The Labute approximate surface area is 207 Å². The molecule has 2 rings (SSSR count). The average molecular weight is 567 g/mol. The number of nitrogens with one attached hydrogen (secondary N) is 5. The van der Waals surface area contributed by atoms with Crippen molar-refractivity contribution in [2.75, 3.05) is 21.7 Å². The van der Waals surface area contributed by atoms with E-state index in [0.29, 0.717) is 5.16 Å². The quantitative estimate of drug-likeness (QED) is 0.119. The Kier molecular flexibility index (Phi) is 14.8. The third kappa shape index (κ3) is 12.2. The Bertz CT molecular complexity index is 1100. The number of alkyl halides is 1. The molecule has 0 aliphatic heterocycles. The van der Waals surface area contributed by atoms with Gasteiger partial charge in [0.25, 0.3) is 11.1 Å². The lowest BCUT2D eigenvalue weighted by Gasteiger charge is -2.05. The van der Waals surface area contributed by atoms with E-state index in [9.17, 15) is 24.3 Å². The molecule has 0 aromatic carbocycles. The molecule has 0 unspecified atom stereocenters. The minimum atomic E-state index is -0.642. The number of nitrogens with zero attached hydrogens (tertiary/aromatic N) is 1. The third-order valence-corrected chi connectivity index (χ3v) is 5.11. The number of hydrogen-bond acceptors (Lipinski definition) is 9. The fourth-order valence-electron chi connectivity index (χ4n) is 1.76. The molecule has 12 nitrogen and oxygen atoms in total. The number of H-pyrrole nitrogens is 3. The number of halogens is 1. The second kappa shape index (κ2) is 16.0. The van der Waals surface area contributed by atoms with Gasteiger partial charge >= 0.3 is 0 Å². The van der Waals surface area contributed by atoms with Crippen LogP contribution in [0.1, 0.15) is 40.5 Å². The first-order chi connectivity index (χ1) is 15.5. The molecule has 2 amide bonds. The highest BCUT2D eigenvalue weighted by molar-refractivity contribution is 9.09. The lowest BCUT2D eigenvalue weighted by molar-refractivity contribution is -0.115. The van der Waals surface area contributed by atoms with Crippen molar-refractivity contribution in [3.8, 4) is 11.8 Å². The molecule has 0 fully saturated rings. The number of rotatable bonds is 6. The van der Waals surface area contributed by atoms with E-state index in [0.717, 1.165) is 17.5 Å². The van der Waals surface area contributed by atoms with Crippen molar-refractivity contribution in [2.45, 2.75) is 45.7 Å². The van der Waals surface area contributed by atoms with Crippen LogP contribution in [-0.2, 0) is 9.59 Å². The molecule has 0 saturated carbocycles. The molecule has 2 aromatic rings. The van der Waals surface area contributed by atoms with Crippen LogP contribution in [0.4, 0.5) is 11.4 Å². The van der Waals surface area contributed by atoms with E-state index in [2.05, 4.69) is 65.6 Å². The summed E-state index contributed by atoms with van der Waals surface area (Å²) in [7, 11) is 0. The molecular weight excluding hydrogens is 540 g/mol. The molecular formula is C18H27BrN6O6S2. The van der Waals surface area contributed by atoms with Gasteiger partial charge in [-0.05, 0) is 25.1 Å². The van der Waals surface area contributed by atoms with Gasteiger partial charge in [-0.3, -0.25) is 29.1 Å². The molecule has 2 heterocycles. The van der Waals surface area contributed by atoms with E-state index in [-0.39, 0.29) is 16.1 Å². The van der Waals surface area contributed by atoms with Gasteiger partial charge in [0, 0.05) is 24.9 Å². The van der Waals surface area contributed by atoms with Gasteiger partial charge in [-0.2, -0.15) is 4.98 Å². The molecule has 0 saturated heterocycles. The lowest BCUT2D eigenvalue weighted by atomic mass is 10.5. The van der Waals surface area contributed by atoms with Gasteiger partial charge in [0.05, 0.1) is 0 Å². The number of aromatic nitrogens is 4. The Morgan fingerprint density at radius 2 is 1.52 bits per heavy atom. The summed E-state index contributed by atoms with van der Waals surface area (Å²) in [6.07, 6.45) is 2.17. The lowest BCUT2D eigenvalue weighted by Crippen LogP contribution is -2.19. The van der Waals surface area contributed by atoms with Gasteiger partial charge in [-0.25, -0.2) is 0 Å². The fourth-order valence-corrected chi connectivity index (χ4v) is 2.67. The van der Waals surface area contributed by atoms with Crippen LogP contribution in [-0.4, -0.2) is 53.0 Å². The van der Waals surface area contributed by atoms with Crippen molar-refractivity contribution in [2.24, 2.45) is 0 Å². The zero-order valence-corrected chi connectivity index (χ0v) is 21.7. The molecule has 0 spiro atoms. The zero-order valence-electron chi connectivity index (χ0n) is 18.5. The minimum absolute atomic E-state index is 0.00315. The molecule has 0 atom stereocenters. The minimum Gasteiger partial charge on any atom is -0.493 e. The number of aromatic amines is 3. The van der Waals surface area contributed by atoms with Crippen LogP contribution in [0.5, 0.6) is 11.8 Å². The van der Waals surface area contributed by atoms with Crippen molar-refractivity contribution in [1.29, 1.82) is 0 Å². The van der Waals surface area contributed by atoms with Crippen LogP contribution < -0.4 is 21.8 Å². The Morgan fingerprint density at radius 3 is 1.94 bits per heavy atom. The Balaban J connectivity index is 0.000000542. The van der Waals surface area contributed by atoms with Crippen molar-refractivity contribution in [1.82, 2.24) is 19.9 Å². The number of amides is 2. The fraction of sp³-hybridized carbons (Fsp3) is 0.444. The maximum atomic E-state index is 11.5. The molecule has 0 aliphatic carbocycles. The van der Waals surface area contributed by atoms with Crippen molar-refractivity contribution in [3.05, 3.63) is 25.5 Å². The molecule has 0 bridgehead atoms. The topological polar surface area (TPSA) is 193 Å². The number of thioether (sulfide) groups is 1. The number of hydrogen-bond donors (Lipinski definition) is 7. The smallest absolute Gasteiger partial charge is 0.279 e. The Hall–Kier alpha value is -2.65. The molecule has 0 aliphatic rings. The summed E-state index contributed by atoms with van der Waals surface area (Å²) in [5.74, 6) is -1.01. The van der Waals surface area contributed by atoms with Crippen LogP contribution >= 0.6 is 39.9 Å². The molecule has 33 heavy (non-hydrogen) atoms. The van der Waals surface area contributed by atoms with Crippen LogP contribution in [0.2, 0.25) is 0 Å². The average Bonchev–Trinajstić information content (AvgIpc) is 2.72. The van der Waals surface area contributed by atoms with E-state index in [1.165, 1.54) is 32.0 Å². The molecule has 184 valence electrons. The number of aromatic hydroxyl groups is 2. The summed E-state index contributed by atoms with van der Waals surface area (Å²) in [4.78, 5) is 54.7. The first-order valence-corrected chi connectivity index (χ1v) is 12.1. The standard InChI is InChI=1S/C9H13N3O3S.C6H7N3O3S.C3H7Br/c1-3-4-16-9-11-7(14)6(8(15)12-9)10-5(2)13;1-2(10)7-3-4(11)8-6(13)9-5(3)12;1-2-3-4/h3-4H2,1-2H3,(H,10,13)(H2,11,12,14,15);1H3,(H,7,10)(H3,8,9,11,12,13);2-3H2,1H3. The molecule has 2 aromatic heterocycles. The van der Waals surface area contributed by atoms with Crippen molar-refractivity contribution >= 4 is 63.1 Å². The van der Waals surface area contributed by atoms with Gasteiger partial charge in [-0.1, -0.05) is 41.5 Å².